The third-order valence-corrected chi connectivity index (χ3v) is 5.13. The van der Waals surface area contributed by atoms with Gasteiger partial charge in [-0.05, 0) is 24.8 Å². The molecular weight excluding hydrogens is 318 g/mol. The predicted octanol–water partition coefficient (Wildman–Crippen LogP) is 3.31. The number of halogens is 1. The van der Waals surface area contributed by atoms with Gasteiger partial charge in [0.25, 0.3) is 0 Å². The zero-order valence-corrected chi connectivity index (χ0v) is 13.5. The van der Waals surface area contributed by atoms with E-state index < -0.39 is 0 Å². The van der Waals surface area contributed by atoms with E-state index in [2.05, 4.69) is 21.2 Å². The van der Waals surface area contributed by atoms with Crippen LogP contribution in [-0.4, -0.2) is 24.4 Å². The van der Waals surface area contributed by atoms with Crippen LogP contribution in [0.25, 0.3) is 0 Å². The van der Waals surface area contributed by atoms with E-state index in [0.717, 1.165) is 17.9 Å². The molecule has 1 aliphatic carbocycles. The number of rotatable bonds is 5. The Morgan fingerprint density at radius 2 is 2.10 bits per heavy atom. The van der Waals surface area contributed by atoms with Crippen molar-refractivity contribution in [2.24, 2.45) is 5.92 Å². The second-order valence-electron chi connectivity index (χ2n) is 5.35. The maximum atomic E-state index is 12.0. The first-order valence-electron chi connectivity index (χ1n) is 7.23. The minimum absolute atomic E-state index is 0.0692. The Balaban J connectivity index is 1.83. The molecule has 0 saturated heterocycles. The molecule has 0 aromatic heterocycles. The predicted molar refractivity (Wildman–Crippen MR) is 84.4 cm³/mol. The molecule has 3 nitrogen and oxygen atoms in total. The van der Waals surface area contributed by atoms with Crippen molar-refractivity contribution in [2.45, 2.75) is 36.9 Å². The number of hydrogen-bond acceptors (Lipinski definition) is 2. The summed E-state index contributed by atoms with van der Waals surface area (Å²) < 4.78 is 5.27. The highest BCUT2D eigenvalue weighted by Gasteiger charge is 2.23. The first-order valence-corrected chi connectivity index (χ1v) is 8.15. The van der Waals surface area contributed by atoms with Crippen LogP contribution < -0.4 is 10.1 Å². The highest BCUT2D eigenvalue weighted by atomic mass is 79.9. The van der Waals surface area contributed by atoms with E-state index in [1.807, 2.05) is 24.3 Å². The Morgan fingerprint density at radius 1 is 1.35 bits per heavy atom. The lowest BCUT2D eigenvalue weighted by molar-refractivity contribution is -0.120. The Kier molecular flexibility index (Phi) is 5.89. The quantitative estimate of drug-likeness (QED) is 0.835. The Labute approximate surface area is 129 Å². The first-order chi connectivity index (χ1) is 9.70. The number of amides is 1. The molecule has 1 saturated carbocycles. The normalized spacial score (nSPS) is 22.3. The van der Waals surface area contributed by atoms with Crippen molar-refractivity contribution in [1.29, 1.82) is 0 Å². The van der Waals surface area contributed by atoms with Gasteiger partial charge in [-0.1, -0.05) is 47.0 Å². The molecule has 4 heteroatoms. The van der Waals surface area contributed by atoms with Gasteiger partial charge in [-0.2, -0.15) is 0 Å². The van der Waals surface area contributed by atoms with Gasteiger partial charge in [0.2, 0.25) is 5.91 Å². The fourth-order valence-electron chi connectivity index (χ4n) is 2.72. The van der Waals surface area contributed by atoms with Crippen molar-refractivity contribution in [3.63, 3.8) is 0 Å². The number of benzene rings is 1. The van der Waals surface area contributed by atoms with Gasteiger partial charge in [0.15, 0.2) is 0 Å². The lowest BCUT2D eigenvalue weighted by atomic mass is 9.89. The lowest BCUT2D eigenvalue weighted by Gasteiger charge is -2.27. The summed E-state index contributed by atoms with van der Waals surface area (Å²) in [5.41, 5.74) is 0.937. The monoisotopic (exact) mass is 339 g/mol. The zero-order valence-electron chi connectivity index (χ0n) is 11.9. The second-order valence-corrected chi connectivity index (χ2v) is 6.53. The fourth-order valence-corrected chi connectivity index (χ4v) is 3.50. The van der Waals surface area contributed by atoms with Crippen molar-refractivity contribution in [3.05, 3.63) is 29.8 Å². The molecule has 1 N–H and O–H groups in total. The number of carbonyl (C=O) groups excluding carboxylic acids is 1. The Morgan fingerprint density at radius 3 is 2.85 bits per heavy atom. The van der Waals surface area contributed by atoms with Crippen LogP contribution in [0.5, 0.6) is 5.75 Å². The molecule has 2 rings (SSSR count). The summed E-state index contributed by atoms with van der Waals surface area (Å²) >= 11 is 3.72. The summed E-state index contributed by atoms with van der Waals surface area (Å²) in [7, 11) is 1.63. The molecule has 1 fully saturated rings. The molecule has 0 radical (unpaired) electrons. The molecule has 0 aliphatic heterocycles. The van der Waals surface area contributed by atoms with E-state index in [-0.39, 0.29) is 5.91 Å². The molecule has 1 aliphatic rings. The molecule has 1 aromatic carbocycles. The van der Waals surface area contributed by atoms with E-state index in [0.29, 0.717) is 17.2 Å². The maximum absolute atomic E-state index is 12.0. The van der Waals surface area contributed by atoms with E-state index in [1.54, 1.807) is 7.11 Å². The van der Waals surface area contributed by atoms with Crippen LogP contribution >= 0.6 is 15.9 Å². The van der Waals surface area contributed by atoms with Crippen LogP contribution in [0.3, 0.4) is 0 Å². The molecule has 0 bridgehead atoms. The van der Waals surface area contributed by atoms with Gasteiger partial charge in [0.1, 0.15) is 5.75 Å². The Hall–Kier alpha value is -1.03. The van der Waals surface area contributed by atoms with Gasteiger partial charge in [0, 0.05) is 16.9 Å². The van der Waals surface area contributed by atoms with Gasteiger partial charge in [-0.25, -0.2) is 0 Å². The standard InChI is InChI=1S/C16H22BrNO2/c1-20-15-9-5-3-6-12(15)10-16(19)18-11-13-7-2-4-8-14(13)17/h3,5-6,9,13-14H,2,4,7-8,10-11H2,1H3,(H,18,19). The average Bonchev–Trinajstić information content (AvgIpc) is 2.47. The number of carbonyl (C=O) groups is 1. The van der Waals surface area contributed by atoms with E-state index in [9.17, 15) is 4.79 Å². The summed E-state index contributed by atoms with van der Waals surface area (Å²) in [5.74, 6) is 1.41. The van der Waals surface area contributed by atoms with E-state index in [1.165, 1.54) is 25.7 Å². The lowest BCUT2D eigenvalue weighted by Crippen LogP contribution is -2.35. The molecular formula is C16H22BrNO2. The summed E-state index contributed by atoms with van der Waals surface area (Å²) in [6, 6.07) is 7.67. The summed E-state index contributed by atoms with van der Waals surface area (Å²) in [6.07, 6.45) is 5.36. The molecule has 20 heavy (non-hydrogen) atoms. The minimum Gasteiger partial charge on any atom is -0.496 e. The number of ether oxygens (including phenoxy) is 1. The second kappa shape index (κ2) is 7.67. The van der Waals surface area contributed by atoms with E-state index in [4.69, 9.17) is 4.74 Å². The Bertz CT molecular complexity index is 450. The number of alkyl halides is 1. The minimum atomic E-state index is 0.0692. The van der Waals surface area contributed by atoms with E-state index >= 15 is 0 Å². The number of nitrogens with one attached hydrogen (secondary N) is 1. The van der Waals surface area contributed by atoms with Crippen LogP contribution in [0.15, 0.2) is 24.3 Å². The molecule has 2 unspecified atom stereocenters. The molecule has 0 spiro atoms. The largest absolute Gasteiger partial charge is 0.496 e. The zero-order chi connectivity index (χ0) is 14.4. The summed E-state index contributed by atoms with van der Waals surface area (Å²) in [4.78, 5) is 12.6. The van der Waals surface area contributed by atoms with Crippen molar-refractivity contribution in [2.75, 3.05) is 13.7 Å². The number of methoxy groups -OCH3 is 1. The van der Waals surface area contributed by atoms with Gasteiger partial charge in [-0.15, -0.1) is 0 Å². The average molecular weight is 340 g/mol. The van der Waals surface area contributed by atoms with Crippen molar-refractivity contribution in [3.8, 4) is 5.75 Å². The molecule has 0 heterocycles. The number of hydrogen-bond donors (Lipinski definition) is 1. The van der Waals surface area contributed by atoms with Crippen molar-refractivity contribution >= 4 is 21.8 Å². The van der Waals surface area contributed by atoms with Gasteiger partial charge < -0.3 is 10.1 Å². The topological polar surface area (TPSA) is 38.3 Å². The molecule has 110 valence electrons. The van der Waals surface area contributed by atoms with Crippen LogP contribution in [0.1, 0.15) is 31.2 Å². The maximum Gasteiger partial charge on any atom is 0.224 e. The highest BCUT2D eigenvalue weighted by Crippen LogP contribution is 2.29. The van der Waals surface area contributed by atoms with Crippen LogP contribution in [0.2, 0.25) is 0 Å². The number of para-hydroxylation sites is 1. The summed E-state index contributed by atoms with van der Waals surface area (Å²) in [6.45, 7) is 0.768. The van der Waals surface area contributed by atoms with Crippen molar-refractivity contribution < 1.29 is 9.53 Å². The molecule has 1 amide bonds. The highest BCUT2D eigenvalue weighted by molar-refractivity contribution is 9.09. The van der Waals surface area contributed by atoms with Gasteiger partial charge in [-0.3, -0.25) is 4.79 Å². The third kappa shape index (κ3) is 4.23. The first kappa shape index (κ1) is 15.4. The SMILES string of the molecule is COc1ccccc1CC(=O)NCC1CCCCC1Br. The van der Waals surface area contributed by atoms with Gasteiger partial charge in [0.05, 0.1) is 13.5 Å². The summed E-state index contributed by atoms with van der Waals surface area (Å²) in [5, 5.41) is 3.06. The third-order valence-electron chi connectivity index (χ3n) is 3.92. The molecule has 2 atom stereocenters. The smallest absolute Gasteiger partial charge is 0.224 e. The van der Waals surface area contributed by atoms with Crippen LogP contribution in [-0.2, 0) is 11.2 Å². The van der Waals surface area contributed by atoms with Crippen LogP contribution in [0.4, 0.5) is 0 Å². The molecule has 1 aromatic rings. The van der Waals surface area contributed by atoms with Gasteiger partial charge >= 0.3 is 0 Å². The fraction of sp³-hybridized carbons (Fsp3) is 0.562. The van der Waals surface area contributed by atoms with Crippen molar-refractivity contribution in [1.82, 2.24) is 5.32 Å². The van der Waals surface area contributed by atoms with Crippen LogP contribution in [0, 0.1) is 5.92 Å².